The first-order chi connectivity index (χ1) is 16.3. The molecule has 0 spiro atoms. The van der Waals surface area contributed by atoms with Crippen molar-refractivity contribution in [3.63, 3.8) is 0 Å². The molecule has 6 heteroatoms. The van der Waals surface area contributed by atoms with E-state index in [0.717, 1.165) is 22.3 Å². The van der Waals surface area contributed by atoms with Crippen molar-refractivity contribution in [2.24, 2.45) is 5.41 Å². The number of benzene rings is 1. The fraction of sp³-hybridized carbons (Fsp3) is 0.286. The predicted molar refractivity (Wildman–Crippen MR) is 132 cm³/mol. The van der Waals surface area contributed by atoms with Crippen LogP contribution in [0, 0.1) is 5.41 Å². The summed E-state index contributed by atoms with van der Waals surface area (Å²) in [5.41, 5.74) is 3.46. The van der Waals surface area contributed by atoms with Gasteiger partial charge in [-0.05, 0) is 23.5 Å². The zero-order chi connectivity index (χ0) is 24.0. The van der Waals surface area contributed by atoms with Crippen LogP contribution in [0.25, 0.3) is 16.8 Å². The van der Waals surface area contributed by atoms with Gasteiger partial charge in [0, 0.05) is 35.0 Å². The van der Waals surface area contributed by atoms with E-state index in [0.29, 0.717) is 36.8 Å². The third-order valence-electron chi connectivity index (χ3n) is 6.54. The van der Waals surface area contributed by atoms with Gasteiger partial charge < -0.3 is 19.1 Å². The lowest BCUT2D eigenvalue weighted by molar-refractivity contribution is 0.0693. The number of ether oxygens (including phenoxy) is 2. The van der Waals surface area contributed by atoms with E-state index in [4.69, 9.17) is 9.47 Å². The molecule has 1 N–H and O–H groups in total. The van der Waals surface area contributed by atoms with Gasteiger partial charge in [0.05, 0.1) is 5.69 Å². The first-order valence-corrected chi connectivity index (χ1v) is 11.4. The average Bonchev–Trinajstić information content (AvgIpc) is 2.77. The van der Waals surface area contributed by atoms with Crippen LogP contribution >= 0.6 is 0 Å². The Kier molecular flexibility index (Phi) is 5.31. The highest BCUT2D eigenvalue weighted by atomic mass is 16.6. The van der Waals surface area contributed by atoms with E-state index < -0.39 is 11.4 Å². The topological polar surface area (TPSA) is 77.8 Å². The molecule has 2 aliphatic heterocycles. The number of carbonyl (C=O) groups is 1. The van der Waals surface area contributed by atoms with Crippen molar-refractivity contribution in [1.82, 2.24) is 4.57 Å². The van der Waals surface area contributed by atoms with Crippen LogP contribution in [0.2, 0.25) is 0 Å². The Morgan fingerprint density at radius 3 is 2.44 bits per heavy atom. The molecule has 3 aliphatic rings. The number of hydrogen-bond acceptors (Lipinski definition) is 4. The van der Waals surface area contributed by atoms with E-state index in [-0.39, 0.29) is 17.0 Å². The van der Waals surface area contributed by atoms with Crippen molar-refractivity contribution >= 4 is 11.5 Å². The molecule has 1 atom stereocenters. The molecule has 3 heterocycles. The minimum Gasteiger partial charge on any atom is -0.486 e. The Hall–Kier alpha value is -3.80. The monoisotopic (exact) mass is 457 g/mol. The van der Waals surface area contributed by atoms with Gasteiger partial charge in [-0.15, -0.1) is 0 Å². The molecular formula is C28H27NO5. The van der Waals surface area contributed by atoms with Crippen LogP contribution < -0.4 is 14.9 Å². The molecule has 1 aromatic carbocycles. The minimum absolute atomic E-state index is 0.0669. The van der Waals surface area contributed by atoms with Gasteiger partial charge in [-0.3, -0.25) is 4.79 Å². The molecule has 0 saturated heterocycles. The predicted octanol–water partition coefficient (Wildman–Crippen LogP) is 5.19. The van der Waals surface area contributed by atoms with Crippen LogP contribution in [-0.4, -0.2) is 28.9 Å². The van der Waals surface area contributed by atoms with Crippen LogP contribution in [-0.2, 0) is 6.42 Å². The molecule has 0 unspecified atom stereocenters. The fourth-order valence-electron chi connectivity index (χ4n) is 4.85. The SMILES string of the molecule is CC(C)(C)[C@@H]1Cc2c(cc(C3=C/C=C\C=C/C=C3)c3c2OCCO3)-c2cc(=O)c(C(=O)O)cn21. The lowest BCUT2D eigenvalue weighted by Gasteiger charge is -2.40. The maximum atomic E-state index is 12.8. The molecule has 1 aromatic heterocycles. The summed E-state index contributed by atoms with van der Waals surface area (Å²) in [6, 6.07) is 3.43. The maximum absolute atomic E-state index is 12.8. The number of nitrogens with zero attached hydrogens (tertiary/aromatic N) is 1. The van der Waals surface area contributed by atoms with Gasteiger partial charge in [0.2, 0.25) is 0 Å². The van der Waals surface area contributed by atoms with E-state index in [9.17, 15) is 14.7 Å². The highest BCUT2D eigenvalue weighted by molar-refractivity contribution is 5.89. The summed E-state index contributed by atoms with van der Waals surface area (Å²) in [6.07, 6.45) is 16.0. The largest absolute Gasteiger partial charge is 0.486 e. The normalized spacial score (nSPS) is 20.3. The number of carboxylic acids is 1. The van der Waals surface area contributed by atoms with E-state index in [1.165, 1.54) is 12.3 Å². The summed E-state index contributed by atoms with van der Waals surface area (Å²) in [5, 5.41) is 9.60. The van der Waals surface area contributed by atoms with Crippen molar-refractivity contribution in [3.8, 4) is 22.8 Å². The van der Waals surface area contributed by atoms with Crippen molar-refractivity contribution in [2.45, 2.75) is 33.2 Å². The Balaban J connectivity index is 1.82. The molecule has 6 nitrogen and oxygen atoms in total. The zero-order valence-corrected chi connectivity index (χ0v) is 19.5. The second kappa shape index (κ2) is 8.20. The van der Waals surface area contributed by atoms with Gasteiger partial charge in [0.1, 0.15) is 18.8 Å². The van der Waals surface area contributed by atoms with Crippen LogP contribution in [0.15, 0.2) is 65.7 Å². The van der Waals surface area contributed by atoms with Gasteiger partial charge in [0.25, 0.3) is 0 Å². The van der Waals surface area contributed by atoms with Gasteiger partial charge >= 0.3 is 5.97 Å². The van der Waals surface area contributed by atoms with E-state index in [1.54, 1.807) is 0 Å². The standard InChI is InChI=1S/C28H27NO5/c1-28(2,3)24-14-20-19(22-15-23(30)21(27(31)32)16-29(22)24)13-18(25-26(20)34-12-11-33-25)17-9-7-5-4-6-8-10-17/h4-10,13,15-16,24H,11-12,14H2,1-3H3,(H,31,32)/b5-4-,6-4?,7-5?,8-6-,9-7?,10-8?,17-9?,17-10?/t24-/m0/s1. The highest BCUT2D eigenvalue weighted by Crippen LogP contribution is 2.51. The molecule has 0 fully saturated rings. The molecule has 0 amide bonds. The summed E-state index contributed by atoms with van der Waals surface area (Å²) in [6.45, 7) is 7.27. The number of aromatic nitrogens is 1. The highest BCUT2D eigenvalue weighted by Gasteiger charge is 2.37. The molecule has 1 aliphatic carbocycles. The van der Waals surface area contributed by atoms with Gasteiger partial charge in [-0.25, -0.2) is 4.79 Å². The first kappa shape index (κ1) is 22.0. The summed E-state index contributed by atoms with van der Waals surface area (Å²) in [7, 11) is 0. The third-order valence-corrected chi connectivity index (χ3v) is 6.54. The number of allylic oxidation sites excluding steroid dienone is 8. The van der Waals surface area contributed by atoms with E-state index in [1.807, 2.05) is 53.2 Å². The summed E-state index contributed by atoms with van der Waals surface area (Å²) in [5.74, 6) is 0.209. The fourth-order valence-corrected chi connectivity index (χ4v) is 4.85. The summed E-state index contributed by atoms with van der Waals surface area (Å²) >= 11 is 0. The van der Waals surface area contributed by atoms with Crippen LogP contribution in [0.4, 0.5) is 0 Å². The molecule has 34 heavy (non-hydrogen) atoms. The quantitative estimate of drug-likeness (QED) is 0.671. The van der Waals surface area contributed by atoms with E-state index >= 15 is 0 Å². The summed E-state index contributed by atoms with van der Waals surface area (Å²) in [4.78, 5) is 24.5. The number of hydrogen-bond donors (Lipinski definition) is 1. The maximum Gasteiger partial charge on any atom is 0.341 e. The molecule has 0 bridgehead atoms. The van der Waals surface area contributed by atoms with Gasteiger partial charge in [0.15, 0.2) is 16.9 Å². The Labute approximate surface area is 198 Å². The lowest BCUT2D eigenvalue weighted by atomic mass is 9.77. The lowest BCUT2D eigenvalue weighted by Crippen LogP contribution is -2.33. The number of carboxylic acid groups (broad SMARTS) is 1. The number of rotatable bonds is 2. The second-order valence-electron chi connectivity index (χ2n) is 9.79. The number of fused-ring (bicyclic) bond motifs is 5. The first-order valence-electron chi connectivity index (χ1n) is 11.4. The van der Waals surface area contributed by atoms with Crippen molar-refractivity contribution in [2.75, 3.05) is 13.2 Å². The average molecular weight is 458 g/mol. The van der Waals surface area contributed by atoms with Crippen LogP contribution in [0.1, 0.15) is 48.3 Å². The molecule has 174 valence electrons. The van der Waals surface area contributed by atoms with E-state index in [2.05, 4.69) is 20.8 Å². The molecular weight excluding hydrogens is 430 g/mol. The number of pyridine rings is 1. The van der Waals surface area contributed by atoms with Gasteiger partial charge in [-0.1, -0.05) is 63.3 Å². The summed E-state index contributed by atoms with van der Waals surface area (Å²) < 4.78 is 14.3. The van der Waals surface area contributed by atoms with Crippen LogP contribution in [0.5, 0.6) is 11.5 Å². The smallest absolute Gasteiger partial charge is 0.341 e. The molecule has 2 aromatic rings. The Morgan fingerprint density at radius 2 is 1.71 bits per heavy atom. The Bertz CT molecular complexity index is 1360. The van der Waals surface area contributed by atoms with Crippen molar-refractivity contribution in [1.29, 1.82) is 0 Å². The molecule has 0 saturated carbocycles. The molecule has 0 radical (unpaired) electrons. The Morgan fingerprint density at radius 1 is 1.00 bits per heavy atom. The van der Waals surface area contributed by atoms with Gasteiger partial charge in [-0.2, -0.15) is 0 Å². The molecule has 5 rings (SSSR count). The second-order valence-corrected chi connectivity index (χ2v) is 9.79. The third kappa shape index (κ3) is 3.69. The van der Waals surface area contributed by atoms with Crippen LogP contribution in [0.3, 0.4) is 0 Å². The number of aromatic carboxylic acids is 1. The zero-order valence-electron chi connectivity index (χ0n) is 19.5. The van der Waals surface area contributed by atoms with Crippen molar-refractivity contribution < 1.29 is 19.4 Å². The van der Waals surface area contributed by atoms with Crippen molar-refractivity contribution in [3.05, 3.63) is 87.8 Å². The minimum atomic E-state index is -1.22.